The number of amides is 1. The van der Waals surface area contributed by atoms with Crippen LogP contribution in [-0.4, -0.2) is 22.5 Å². The minimum Gasteiger partial charge on any atom is -0.484 e. The van der Waals surface area contributed by atoms with E-state index in [2.05, 4.69) is 31.2 Å². The molecule has 1 aromatic heterocycles. The smallest absolute Gasteiger partial charge is 0.262 e. The van der Waals surface area contributed by atoms with E-state index in [0.29, 0.717) is 22.3 Å². The number of H-pyrrole nitrogens is 1. The van der Waals surface area contributed by atoms with Crippen LogP contribution in [0.5, 0.6) is 5.75 Å². The molecule has 23 heavy (non-hydrogen) atoms. The van der Waals surface area contributed by atoms with E-state index in [1.54, 1.807) is 30.3 Å². The number of aromatic nitrogens is 2. The highest BCUT2D eigenvalue weighted by Crippen LogP contribution is 2.17. The van der Waals surface area contributed by atoms with E-state index in [1.807, 2.05) is 12.1 Å². The van der Waals surface area contributed by atoms with Crippen LogP contribution in [0.4, 0.5) is 5.69 Å². The molecular weight excluding hydrogens is 362 g/mol. The molecule has 1 heterocycles. The van der Waals surface area contributed by atoms with Gasteiger partial charge in [-0.3, -0.25) is 9.59 Å². The van der Waals surface area contributed by atoms with Gasteiger partial charge in [0.15, 0.2) is 6.61 Å². The van der Waals surface area contributed by atoms with Crippen LogP contribution in [0.2, 0.25) is 0 Å². The molecule has 0 atom stereocenters. The molecule has 0 radical (unpaired) electrons. The van der Waals surface area contributed by atoms with Gasteiger partial charge in [0.2, 0.25) is 0 Å². The number of nitrogens with one attached hydrogen (secondary N) is 2. The van der Waals surface area contributed by atoms with Crippen molar-refractivity contribution in [3.8, 4) is 5.75 Å². The van der Waals surface area contributed by atoms with Crippen LogP contribution in [0.15, 0.2) is 58.1 Å². The number of anilines is 1. The molecule has 116 valence electrons. The van der Waals surface area contributed by atoms with Gasteiger partial charge in [0.05, 0.1) is 17.2 Å². The van der Waals surface area contributed by atoms with Gasteiger partial charge in [0.25, 0.3) is 11.5 Å². The topological polar surface area (TPSA) is 84.1 Å². The maximum Gasteiger partial charge on any atom is 0.262 e. The Hall–Kier alpha value is -2.67. The van der Waals surface area contributed by atoms with E-state index in [1.165, 1.54) is 6.33 Å². The van der Waals surface area contributed by atoms with Gasteiger partial charge in [-0.15, -0.1) is 0 Å². The first-order valence-corrected chi connectivity index (χ1v) is 7.57. The lowest BCUT2D eigenvalue weighted by atomic mass is 10.2. The lowest BCUT2D eigenvalue weighted by Crippen LogP contribution is -2.20. The molecule has 0 bridgehead atoms. The van der Waals surface area contributed by atoms with Gasteiger partial charge in [-0.05, 0) is 42.5 Å². The Morgan fingerprint density at radius 3 is 2.78 bits per heavy atom. The maximum atomic E-state index is 11.9. The summed E-state index contributed by atoms with van der Waals surface area (Å²) in [7, 11) is 0. The molecule has 2 aromatic carbocycles. The van der Waals surface area contributed by atoms with Crippen molar-refractivity contribution in [3.63, 3.8) is 0 Å². The van der Waals surface area contributed by atoms with Gasteiger partial charge in [-0.1, -0.05) is 15.9 Å². The first-order valence-electron chi connectivity index (χ1n) is 6.77. The second kappa shape index (κ2) is 6.62. The fourth-order valence-corrected chi connectivity index (χ4v) is 2.29. The first-order chi connectivity index (χ1) is 11.1. The normalized spacial score (nSPS) is 10.5. The highest BCUT2D eigenvalue weighted by molar-refractivity contribution is 9.10. The standard InChI is InChI=1S/C16H12BrN3O3/c17-10-1-4-12(5-2-10)23-8-15(21)20-11-3-6-14-13(7-11)16(22)19-9-18-14/h1-7,9H,8H2,(H,20,21)(H,18,19,22). The molecular formula is C16H12BrN3O3. The van der Waals surface area contributed by atoms with Crippen LogP contribution in [-0.2, 0) is 4.79 Å². The number of hydrogen-bond acceptors (Lipinski definition) is 4. The van der Waals surface area contributed by atoms with E-state index in [4.69, 9.17) is 4.74 Å². The summed E-state index contributed by atoms with van der Waals surface area (Å²) in [5, 5.41) is 3.11. The van der Waals surface area contributed by atoms with Crippen LogP contribution in [0.25, 0.3) is 10.9 Å². The Labute approximate surface area is 139 Å². The van der Waals surface area contributed by atoms with Crippen molar-refractivity contribution in [2.24, 2.45) is 0 Å². The molecule has 2 N–H and O–H groups in total. The Morgan fingerprint density at radius 2 is 2.00 bits per heavy atom. The summed E-state index contributed by atoms with van der Waals surface area (Å²) in [6.07, 6.45) is 1.34. The van der Waals surface area contributed by atoms with Crippen molar-refractivity contribution < 1.29 is 9.53 Å². The largest absolute Gasteiger partial charge is 0.484 e. The number of nitrogens with zero attached hydrogens (tertiary/aromatic N) is 1. The van der Waals surface area contributed by atoms with E-state index in [0.717, 1.165) is 4.47 Å². The van der Waals surface area contributed by atoms with Crippen molar-refractivity contribution in [1.29, 1.82) is 0 Å². The maximum absolute atomic E-state index is 11.9. The Balaban J connectivity index is 1.66. The summed E-state index contributed by atoms with van der Waals surface area (Å²) in [5.41, 5.74) is 0.829. The van der Waals surface area contributed by atoms with Crippen molar-refractivity contribution in [3.05, 3.63) is 63.6 Å². The zero-order valence-corrected chi connectivity index (χ0v) is 13.5. The number of ether oxygens (including phenoxy) is 1. The van der Waals surface area contributed by atoms with Crippen molar-refractivity contribution in [1.82, 2.24) is 9.97 Å². The fraction of sp³-hybridized carbons (Fsp3) is 0.0625. The zero-order valence-electron chi connectivity index (χ0n) is 11.9. The SMILES string of the molecule is O=C(COc1ccc(Br)cc1)Nc1ccc2nc[nH]c(=O)c2c1. The third-order valence-electron chi connectivity index (χ3n) is 3.11. The molecule has 1 amide bonds. The van der Waals surface area contributed by atoms with Crippen LogP contribution in [0.1, 0.15) is 0 Å². The quantitative estimate of drug-likeness (QED) is 0.736. The molecule has 0 unspecified atom stereocenters. The van der Waals surface area contributed by atoms with E-state index >= 15 is 0 Å². The number of fused-ring (bicyclic) bond motifs is 1. The van der Waals surface area contributed by atoms with Crippen LogP contribution < -0.4 is 15.6 Å². The Kier molecular flexibility index (Phi) is 4.38. The predicted octanol–water partition coefficient (Wildman–Crippen LogP) is 2.70. The summed E-state index contributed by atoms with van der Waals surface area (Å²) in [5.74, 6) is 0.287. The molecule has 0 spiro atoms. The number of hydrogen-bond donors (Lipinski definition) is 2. The summed E-state index contributed by atoms with van der Waals surface area (Å²) >= 11 is 3.33. The average molecular weight is 374 g/mol. The molecule has 0 fully saturated rings. The molecule has 0 aliphatic rings. The van der Waals surface area contributed by atoms with Crippen molar-refractivity contribution in [2.45, 2.75) is 0 Å². The highest BCUT2D eigenvalue weighted by atomic mass is 79.9. The number of carbonyl (C=O) groups is 1. The molecule has 0 saturated carbocycles. The lowest BCUT2D eigenvalue weighted by Gasteiger charge is -2.08. The Bertz CT molecular complexity index is 906. The molecule has 6 nitrogen and oxygen atoms in total. The zero-order chi connectivity index (χ0) is 16.2. The monoisotopic (exact) mass is 373 g/mol. The predicted molar refractivity (Wildman–Crippen MR) is 90.6 cm³/mol. The first kappa shape index (κ1) is 15.2. The van der Waals surface area contributed by atoms with Crippen molar-refractivity contribution in [2.75, 3.05) is 11.9 Å². The van der Waals surface area contributed by atoms with E-state index in [9.17, 15) is 9.59 Å². The van der Waals surface area contributed by atoms with Gasteiger partial charge in [-0.2, -0.15) is 0 Å². The van der Waals surface area contributed by atoms with Gasteiger partial charge < -0.3 is 15.0 Å². The van der Waals surface area contributed by atoms with E-state index in [-0.39, 0.29) is 18.1 Å². The van der Waals surface area contributed by atoms with E-state index < -0.39 is 0 Å². The summed E-state index contributed by atoms with van der Waals surface area (Å²) < 4.78 is 6.33. The molecule has 0 aliphatic carbocycles. The van der Waals surface area contributed by atoms with Crippen LogP contribution in [0.3, 0.4) is 0 Å². The molecule has 0 aliphatic heterocycles. The summed E-state index contributed by atoms with van der Waals surface area (Å²) in [4.78, 5) is 30.2. The summed E-state index contributed by atoms with van der Waals surface area (Å²) in [6.45, 7) is -0.122. The Morgan fingerprint density at radius 1 is 1.22 bits per heavy atom. The third-order valence-corrected chi connectivity index (χ3v) is 3.64. The fourth-order valence-electron chi connectivity index (χ4n) is 2.02. The number of halogens is 1. The minimum absolute atomic E-state index is 0.122. The van der Waals surface area contributed by atoms with Gasteiger partial charge in [-0.25, -0.2) is 4.98 Å². The molecule has 7 heteroatoms. The third kappa shape index (κ3) is 3.75. The average Bonchev–Trinajstić information content (AvgIpc) is 2.55. The summed E-state index contributed by atoms with van der Waals surface area (Å²) in [6, 6.07) is 12.1. The second-order valence-electron chi connectivity index (χ2n) is 4.75. The second-order valence-corrected chi connectivity index (χ2v) is 5.67. The van der Waals surface area contributed by atoms with Crippen LogP contribution in [0, 0.1) is 0 Å². The van der Waals surface area contributed by atoms with Gasteiger partial charge in [0.1, 0.15) is 5.75 Å². The minimum atomic E-state index is -0.312. The van der Waals surface area contributed by atoms with Crippen LogP contribution >= 0.6 is 15.9 Å². The molecule has 0 saturated heterocycles. The van der Waals surface area contributed by atoms with Gasteiger partial charge in [0, 0.05) is 10.2 Å². The number of carbonyl (C=O) groups excluding carboxylic acids is 1. The molecule has 3 aromatic rings. The van der Waals surface area contributed by atoms with Gasteiger partial charge >= 0.3 is 0 Å². The molecule has 3 rings (SSSR count). The number of benzene rings is 2. The number of aromatic amines is 1. The lowest BCUT2D eigenvalue weighted by molar-refractivity contribution is -0.118. The van der Waals surface area contributed by atoms with Crippen molar-refractivity contribution >= 4 is 38.4 Å². The number of rotatable bonds is 4. The highest BCUT2D eigenvalue weighted by Gasteiger charge is 2.06.